The average molecular weight is 385 g/mol. The van der Waals surface area contributed by atoms with Crippen LogP contribution in [0.3, 0.4) is 0 Å². The van der Waals surface area contributed by atoms with Crippen LogP contribution in [0.4, 0.5) is 0 Å². The minimum atomic E-state index is 0.315. The molecule has 2 N–H and O–H groups in total. The molecule has 1 aliphatic heterocycles. The van der Waals surface area contributed by atoms with Gasteiger partial charge in [-0.15, -0.1) is 0 Å². The van der Waals surface area contributed by atoms with Gasteiger partial charge in [0.2, 0.25) is 0 Å². The molecule has 152 valence electrons. The van der Waals surface area contributed by atoms with Crippen LogP contribution >= 0.6 is 0 Å². The Morgan fingerprint density at radius 3 is 2.89 bits per heavy atom. The summed E-state index contributed by atoms with van der Waals surface area (Å²) < 4.78 is 7.50. The van der Waals surface area contributed by atoms with Crippen molar-refractivity contribution in [3.63, 3.8) is 0 Å². The molecule has 2 aromatic rings. The first-order valence-electron chi connectivity index (χ1n) is 10.0. The molecule has 1 aromatic heterocycles. The summed E-state index contributed by atoms with van der Waals surface area (Å²) in [4.78, 5) is 7.20. The van der Waals surface area contributed by atoms with Gasteiger partial charge >= 0.3 is 0 Å². The molecule has 2 heterocycles. The van der Waals surface area contributed by atoms with Crippen LogP contribution in [0.2, 0.25) is 0 Å². The Morgan fingerprint density at radius 1 is 1.29 bits per heavy atom. The van der Waals surface area contributed by atoms with Crippen molar-refractivity contribution in [2.45, 2.75) is 39.6 Å². The van der Waals surface area contributed by atoms with E-state index in [0.717, 1.165) is 44.4 Å². The third-order valence-electron chi connectivity index (χ3n) is 4.85. The number of hydrogen-bond acceptors (Lipinski definition) is 4. The van der Waals surface area contributed by atoms with Crippen LogP contribution in [0.5, 0.6) is 0 Å². The van der Waals surface area contributed by atoms with Gasteiger partial charge in [-0.2, -0.15) is 5.10 Å². The molecule has 0 bridgehead atoms. The van der Waals surface area contributed by atoms with Crippen molar-refractivity contribution in [2.24, 2.45) is 12.0 Å². The smallest absolute Gasteiger partial charge is 0.191 e. The minimum Gasteiger partial charge on any atom is -0.376 e. The van der Waals surface area contributed by atoms with Crippen molar-refractivity contribution in [1.82, 2.24) is 25.3 Å². The third-order valence-corrected chi connectivity index (χ3v) is 4.85. The zero-order valence-corrected chi connectivity index (χ0v) is 17.2. The first-order valence-corrected chi connectivity index (χ1v) is 10.0. The topological polar surface area (TPSA) is 66.7 Å². The Hall–Kier alpha value is -2.38. The standard InChI is InChI=1S/C21H32N6O/c1-4-22-21(24-14-20-8-9-25-26(20)3)23-13-18-6-5-7-19(12-18)16-27-10-11-28-17(2)15-27/h5-9,12,17H,4,10-11,13-16H2,1-3H3,(H2,22,23,24). The number of aryl methyl sites for hydroxylation is 1. The Kier molecular flexibility index (Phi) is 7.45. The van der Waals surface area contributed by atoms with E-state index in [1.54, 1.807) is 0 Å². The molecule has 28 heavy (non-hydrogen) atoms. The highest BCUT2D eigenvalue weighted by atomic mass is 16.5. The number of hydrogen-bond donors (Lipinski definition) is 2. The van der Waals surface area contributed by atoms with Crippen LogP contribution in [-0.4, -0.2) is 53.0 Å². The molecular formula is C21H32N6O. The number of ether oxygens (including phenoxy) is 1. The van der Waals surface area contributed by atoms with Gasteiger partial charge < -0.3 is 15.4 Å². The monoisotopic (exact) mass is 384 g/mol. The zero-order valence-electron chi connectivity index (χ0n) is 17.2. The molecule has 0 aliphatic carbocycles. The van der Waals surface area contributed by atoms with Crippen LogP contribution in [0.1, 0.15) is 30.7 Å². The molecule has 1 aromatic carbocycles. The van der Waals surface area contributed by atoms with E-state index in [2.05, 4.69) is 58.7 Å². The second kappa shape index (κ2) is 10.2. The van der Waals surface area contributed by atoms with Crippen molar-refractivity contribution in [2.75, 3.05) is 26.2 Å². The Labute approximate surface area is 167 Å². The van der Waals surface area contributed by atoms with Gasteiger partial charge in [-0.25, -0.2) is 4.99 Å². The molecule has 7 heteroatoms. The van der Waals surface area contributed by atoms with Crippen LogP contribution < -0.4 is 10.6 Å². The quantitative estimate of drug-likeness (QED) is 0.564. The summed E-state index contributed by atoms with van der Waals surface area (Å²) in [6.07, 6.45) is 2.12. The van der Waals surface area contributed by atoms with Crippen LogP contribution in [0.25, 0.3) is 0 Å². The first-order chi connectivity index (χ1) is 13.6. The summed E-state index contributed by atoms with van der Waals surface area (Å²) in [5, 5.41) is 10.9. The summed E-state index contributed by atoms with van der Waals surface area (Å²) in [5.74, 6) is 0.816. The summed E-state index contributed by atoms with van der Waals surface area (Å²) in [7, 11) is 1.95. The van der Waals surface area contributed by atoms with E-state index < -0.39 is 0 Å². The molecule has 1 aliphatic rings. The number of morpholine rings is 1. The molecular weight excluding hydrogens is 352 g/mol. The molecule has 1 saturated heterocycles. The van der Waals surface area contributed by atoms with Crippen LogP contribution in [-0.2, 0) is 31.4 Å². The maximum Gasteiger partial charge on any atom is 0.191 e. The highest BCUT2D eigenvalue weighted by molar-refractivity contribution is 5.79. The first kappa shape index (κ1) is 20.4. The Balaban J connectivity index is 1.58. The predicted octanol–water partition coefficient (Wildman–Crippen LogP) is 1.90. The Morgan fingerprint density at radius 2 is 2.14 bits per heavy atom. The summed E-state index contributed by atoms with van der Waals surface area (Å²) in [5.41, 5.74) is 3.67. The summed E-state index contributed by atoms with van der Waals surface area (Å²) in [6, 6.07) is 10.7. The van der Waals surface area contributed by atoms with E-state index in [1.807, 2.05) is 24.0 Å². The van der Waals surface area contributed by atoms with E-state index in [4.69, 9.17) is 9.73 Å². The lowest BCUT2D eigenvalue weighted by atomic mass is 10.1. The number of guanidine groups is 1. The van der Waals surface area contributed by atoms with E-state index >= 15 is 0 Å². The average Bonchev–Trinajstić information content (AvgIpc) is 3.09. The van der Waals surface area contributed by atoms with Crippen molar-refractivity contribution in [3.05, 3.63) is 53.3 Å². The van der Waals surface area contributed by atoms with Crippen molar-refractivity contribution in [1.29, 1.82) is 0 Å². The van der Waals surface area contributed by atoms with Gasteiger partial charge in [-0.05, 0) is 31.0 Å². The maximum atomic E-state index is 5.64. The van der Waals surface area contributed by atoms with E-state index in [-0.39, 0.29) is 0 Å². The highest BCUT2D eigenvalue weighted by Gasteiger charge is 2.16. The van der Waals surface area contributed by atoms with E-state index in [1.165, 1.54) is 11.1 Å². The number of rotatable bonds is 7. The Bertz CT molecular complexity index is 772. The number of nitrogens with zero attached hydrogens (tertiary/aromatic N) is 4. The summed E-state index contributed by atoms with van der Waals surface area (Å²) in [6.45, 7) is 10.1. The normalized spacial score (nSPS) is 18.2. The van der Waals surface area contributed by atoms with Gasteiger partial charge in [0.25, 0.3) is 0 Å². The van der Waals surface area contributed by atoms with Gasteiger partial charge in [-0.1, -0.05) is 24.3 Å². The van der Waals surface area contributed by atoms with Gasteiger partial charge in [0.15, 0.2) is 5.96 Å². The molecule has 1 fully saturated rings. The highest BCUT2D eigenvalue weighted by Crippen LogP contribution is 2.12. The fraction of sp³-hybridized carbons (Fsp3) is 0.524. The number of benzene rings is 1. The van der Waals surface area contributed by atoms with Gasteiger partial charge in [-0.3, -0.25) is 9.58 Å². The van der Waals surface area contributed by atoms with E-state index in [0.29, 0.717) is 19.2 Å². The largest absolute Gasteiger partial charge is 0.376 e. The van der Waals surface area contributed by atoms with Crippen molar-refractivity contribution >= 4 is 5.96 Å². The molecule has 0 radical (unpaired) electrons. The van der Waals surface area contributed by atoms with Gasteiger partial charge in [0, 0.05) is 39.4 Å². The molecule has 0 saturated carbocycles. The SMILES string of the molecule is CCNC(=NCc1cccc(CN2CCOC(C)C2)c1)NCc1ccnn1C. The molecule has 7 nitrogen and oxygen atoms in total. The number of aliphatic imine (C=N–C) groups is 1. The van der Waals surface area contributed by atoms with Gasteiger partial charge in [0.1, 0.15) is 0 Å². The fourth-order valence-corrected chi connectivity index (χ4v) is 3.38. The van der Waals surface area contributed by atoms with Crippen LogP contribution in [0.15, 0.2) is 41.5 Å². The number of nitrogens with one attached hydrogen (secondary N) is 2. The van der Waals surface area contributed by atoms with E-state index in [9.17, 15) is 0 Å². The molecule has 0 spiro atoms. The minimum absolute atomic E-state index is 0.315. The molecule has 1 atom stereocenters. The lowest BCUT2D eigenvalue weighted by molar-refractivity contribution is -0.0212. The lowest BCUT2D eigenvalue weighted by Crippen LogP contribution is -2.40. The van der Waals surface area contributed by atoms with Crippen molar-refractivity contribution < 1.29 is 4.74 Å². The zero-order chi connectivity index (χ0) is 19.8. The summed E-state index contributed by atoms with van der Waals surface area (Å²) >= 11 is 0. The third kappa shape index (κ3) is 6.07. The van der Waals surface area contributed by atoms with Crippen LogP contribution in [0, 0.1) is 0 Å². The lowest BCUT2D eigenvalue weighted by Gasteiger charge is -2.31. The molecule has 3 rings (SSSR count). The number of aromatic nitrogens is 2. The molecule has 0 amide bonds. The second-order valence-electron chi connectivity index (χ2n) is 7.23. The van der Waals surface area contributed by atoms with Gasteiger partial charge in [0.05, 0.1) is 31.5 Å². The predicted molar refractivity (Wildman–Crippen MR) is 112 cm³/mol. The maximum absolute atomic E-state index is 5.64. The second-order valence-corrected chi connectivity index (χ2v) is 7.23. The fourth-order valence-electron chi connectivity index (χ4n) is 3.38. The molecule has 1 unspecified atom stereocenters. The van der Waals surface area contributed by atoms with Crippen molar-refractivity contribution in [3.8, 4) is 0 Å².